The first-order valence-electron chi connectivity index (χ1n) is 11.1. The maximum absolute atomic E-state index is 13.1. The van der Waals surface area contributed by atoms with Crippen molar-refractivity contribution >= 4 is 27.3 Å². The van der Waals surface area contributed by atoms with E-state index >= 15 is 0 Å². The summed E-state index contributed by atoms with van der Waals surface area (Å²) in [5.74, 6) is -0.214. The van der Waals surface area contributed by atoms with E-state index in [-0.39, 0.29) is 16.8 Å². The molecule has 3 heterocycles. The lowest BCUT2D eigenvalue weighted by Crippen LogP contribution is -2.37. The number of carbonyl (C=O) groups is 1. The van der Waals surface area contributed by atoms with Gasteiger partial charge < -0.3 is 5.32 Å². The first-order valence-corrected chi connectivity index (χ1v) is 13.5. The SMILES string of the molecule is Cc1ccc(S(=O)(=O)N2CCCCC2)cc1C(=O)NCC(c1cccs1)N1CCCC1. The molecule has 0 spiro atoms. The number of aryl methyl sites for hydroxylation is 1. The van der Waals surface area contributed by atoms with Crippen molar-refractivity contribution in [3.8, 4) is 0 Å². The Hall–Kier alpha value is -1.74. The number of carbonyl (C=O) groups excluding carboxylic acids is 1. The van der Waals surface area contributed by atoms with Crippen LogP contribution in [0.15, 0.2) is 40.6 Å². The summed E-state index contributed by atoms with van der Waals surface area (Å²) in [7, 11) is -3.57. The van der Waals surface area contributed by atoms with Crippen molar-refractivity contribution in [3.63, 3.8) is 0 Å². The molecule has 2 fully saturated rings. The Morgan fingerprint density at radius 3 is 2.45 bits per heavy atom. The summed E-state index contributed by atoms with van der Waals surface area (Å²) < 4.78 is 27.7. The van der Waals surface area contributed by atoms with Crippen LogP contribution in [0.4, 0.5) is 0 Å². The number of amides is 1. The Morgan fingerprint density at radius 2 is 1.77 bits per heavy atom. The summed E-state index contributed by atoms with van der Waals surface area (Å²) in [6.45, 7) is 5.56. The molecule has 4 rings (SSSR count). The van der Waals surface area contributed by atoms with Gasteiger partial charge in [0, 0.05) is 30.1 Å². The number of sulfonamides is 1. The van der Waals surface area contributed by atoms with Crippen LogP contribution in [0.1, 0.15) is 58.9 Å². The van der Waals surface area contributed by atoms with Gasteiger partial charge in [0.15, 0.2) is 0 Å². The van der Waals surface area contributed by atoms with Crippen molar-refractivity contribution in [3.05, 3.63) is 51.7 Å². The minimum absolute atomic E-state index is 0.159. The molecule has 0 aliphatic carbocycles. The summed E-state index contributed by atoms with van der Waals surface area (Å²) >= 11 is 1.71. The monoisotopic (exact) mass is 461 g/mol. The van der Waals surface area contributed by atoms with Crippen LogP contribution >= 0.6 is 11.3 Å². The molecule has 2 aromatic rings. The lowest BCUT2D eigenvalue weighted by atomic mass is 10.1. The lowest BCUT2D eigenvalue weighted by Gasteiger charge is -2.27. The largest absolute Gasteiger partial charge is 0.350 e. The number of benzene rings is 1. The second kappa shape index (κ2) is 9.81. The third-order valence-electron chi connectivity index (χ3n) is 6.32. The summed E-state index contributed by atoms with van der Waals surface area (Å²) in [6.07, 6.45) is 5.21. The molecular weight excluding hydrogens is 430 g/mol. The number of thiophene rings is 1. The molecular formula is C23H31N3O3S2. The topological polar surface area (TPSA) is 69.7 Å². The van der Waals surface area contributed by atoms with Gasteiger partial charge in [-0.05, 0) is 74.8 Å². The van der Waals surface area contributed by atoms with E-state index in [2.05, 4.69) is 21.7 Å². The molecule has 6 nitrogen and oxygen atoms in total. The fourth-order valence-electron chi connectivity index (χ4n) is 4.49. The van der Waals surface area contributed by atoms with E-state index in [9.17, 15) is 13.2 Å². The Bertz CT molecular complexity index is 993. The van der Waals surface area contributed by atoms with Crippen LogP contribution in [0.2, 0.25) is 0 Å². The van der Waals surface area contributed by atoms with Crippen molar-refractivity contribution in [1.29, 1.82) is 0 Å². The maximum Gasteiger partial charge on any atom is 0.251 e. The molecule has 2 saturated heterocycles. The first kappa shape index (κ1) is 22.5. The van der Waals surface area contributed by atoms with Gasteiger partial charge in [-0.1, -0.05) is 18.6 Å². The highest BCUT2D eigenvalue weighted by Gasteiger charge is 2.28. The zero-order valence-corrected chi connectivity index (χ0v) is 19.7. The fraction of sp³-hybridized carbons (Fsp3) is 0.522. The van der Waals surface area contributed by atoms with Crippen LogP contribution in [0.5, 0.6) is 0 Å². The van der Waals surface area contributed by atoms with Crippen LogP contribution in [-0.2, 0) is 10.0 Å². The van der Waals surface area contributed by atoms with E-state index in [0.717, 1.165) is 37.9 Å². The molecule has 1 aromatic heterocycles. The molecule has 0 saturated carbocycles. The van der Waals surface area contributed by atoms with Gasteiger partial charge in [0.25, 0.3) is 5.91 Å². The maximum atomic E-state index is 13.1. The van der Waals surface area contributed by atoms with Crippen LogP contribution in [0, 0.1) is 6.92 Å². The van der Waals surface area contributed by atoms with E-state index in [4.69, 9.17) is 0 Å². The van der Waals surface area contributed by atoms with Crippen LogP contribution in [0.25, 0.3) is 0 Å². The summed E-state index contributed by atoms with van der Waals surface area (Å²) in [6, 6.07) is 9.23. The molecule has 2 aliphatic heterocycles. The van der Waals surface area contributed by atoms with E-state index in [1.54, 1.807) is 33.8 Å². The van der Waals surface area contributed by atoms with Crippen molar-refractivity contribution in [2.75, 3.05) is 32.7 Å². The van der Waals surface area contributed by atoms with Crippen LogP contribution < -0.4 is 5.32 Å². The summed E-state index contributed by atoms with van der Waals surface area (Å²) in [5, 5.41) is 5.15. The number of nitrogens with one attached hydrogen (secondary N) is 1. The lowest BCUT2D eigenvalue weighted by molar-refractivity contribution is 0.0937. The third kappa shape index (κ3) is 5.03. The smallest absolute Gasteiger partial charge is 0.251 e. The van der Waals surface area contributed by atoms with Gasteiger partial charge in [-0.25, -0.2) is 8.42 Å². The number of likely N-dealkylation sites (tertiary alicyclic amines) is 1. The van der Waals surface area contributed by atoms with Gasteiger partial charge >= 0.3 is 0 Å². The van der Waals surface area contributed by atoms with Gasteiger partial charge in [-0.2, -0.15) is 4.31 Å². The molecule has 0 bridgehead atoms. The molecule has 1 aromatic carbocycles. The Labute approximate surface area is 189 Å². The zero-order valence-electron chi connectivity index (χ0n) is 18.0. The van der Waals surface area contributed by atoms with E-state index < -0.39 is 10.0 Å². The van der Waals surface area contributed by atoms with Gasteiger partial charge in [0.1, 0.15) is 0 Å². The average molecular weight is 462 g/mol. The van der Waals surface area contributed by atoms with Crippen LogP contribution in [-0.4, -0.2) is 56.3 Å². The van der Waals surface area contributed by atoms with Crippen LogP contribution in [0.3, 0.4) is 0 Å². The van der Waals surface area contributed by atoms with E-state index in [1.807, 2.05) is 13.0 Å². The average Bonchev–Trinajstić information content (AvgIpc) is 3.50. The molecule has 8 heteroatoms. The second-order valence-electron chi connectivity index (χ2n) is 8.43. The zero-order chi connectivity index (χ0) is 21.8. The van der Waals surface area contributed by atoms with Gasteiger partial charge in [0.05, 0.1) is 10.9 Å². The standard InChI is InChI=1S/C23H31N3O3S2/c1-18-9-10-19(31(28,29)26-13-3-2-4-14-26)16-20(18)23(27)24-17-21(22-8-7-15-30-22)25-11-5-6-12-25/h7-10,15-16,21H,2-6,11-14,17H2,1H3,(H,24,27). The molecule has 0 radical (unpaired) electrons. The molecule has 1 amide bonds. The van der Waals surface area contributed by atoms with Gasteiger partial charge in [-0.15, -0.1) is 11.3 Å². The Kier molecular flexibility index (Phi) is 7.11. The highest BCUT2D eigenvalue weighted by molar-refractivity contribution is 7.89. The second-order valence-corrected chi connectivity index (χ2v) is 11.3. The number of nitrogens with zero attached hydrogens (tertiary/aromatic N) is 2. The number of hydrogen-bond donors (Lipinski definition) is 1. The number of rotatable bonds is 7. The minimum Gasteiger partial charge on any atom is -0.350 e. The molecule has 1 unspecified atom stereocenters. The Balaban J connectivity index is 1.51. The minimum atomic E-state index is -3.57. The third-order valence-corrected chi connectivity index (χ3v) is 9.18. The quantitative estimate of drug-likeness (QED) is 0.681. The van der Waals surface area contributed by atoms with Crippen molar-refractivity contribution in [2.24, 2.45) is 0 Å². The number of hydrogen-bond acceptors (Lipinski definition) is 5. The summed E-state index contributed by atoms with van der Waals surface area (Å²) in [4.78, 5) is 17.0. The van der Waals surface area contributed by atoms with E-state index in [0.29, 0.717) is 25.2 Å². The van der Waals surface area contributed by atoms with Crippen molar-refractivity contribution in [2.45, 2.75) is 50.0 Å². The first-order chi connectivity index (χ1) is 15.0. The molecule has 2 aliphatic rings. The molecule has 168 valence electrons. The Morgan fingerprint density at radius 1 is 1.06 bits per heavy atom. The highest BCUT2D eigenvalue weighted by atomic mass is 32.2. The molecule has 1 N–H and O–H groups in total. The normalized spacial score (nSPS) is 19.4. The molecule has 31 heavy (non-hydrogen) atoms. The van der Waals surface area contributed by atoms with Crippen molar-refractivity contribution in [1.82, 2.24) is 14.5 Å². The fourth-order valence-corrected chi connectivity index (χ4v) is 6.89. The van der Waals surface area contributed by atoms with Crippen molar-refractivity contribution < 1.29 is 13.2 Å². The molecule has 1 atom stereocenters. The predicted octanol–water partition coefficient (Wildman–Crippen LogP) is 3.80. The number of piperidine rings is 1. The van der Waals surface area contributed by atoms with E-state index in [1.165, 1.54) is 17.7 Å². The summed E-state index contributed by atoms with van der Waals surface area (Å²) in [5.41, 5.74) is 1.22. The van der Waals surface area contributed by atoms with Gasteiger partial charge in [-0.3, -0.25) is 9.69 Å². The van der Waals surface area contributed by atoms with Gasteiger partial charge in [0.2, 0.25) is 10.0 Å². The highest BCUT2D eigenvalue weighted by Crippen LogP contribution is 2.28. The predicted molar refractivity (Wildman–Crippen MR) is 124 cm³/mol.